The minimum Gasteiger partial charge on any atom is -0.506 e. The highest BCUT2D eigenvalue weighted by Crippen LogP contribution is 2.37. The standard InChI is InChI=1S/C23H15FN2O2/c24-18-11-5-3-9-16(18)21(27)20-15-8-2-1-7-14(15)13-26-19-12-6-4-10-17(19)23(28)25-22(20)26/h1-12,27H,13H2. The van der Waals surface area contributed by atoms with Gasteiger partial charge in [-0.25, -0.2) is 4.39 Å². The van der Waals surface area contributed by atoms with Crippen molar-refractivity contribution in [1.29, 1.82) is 0 Å². The molecule has 4 aromatic rings. The van der Waals surface area contributed by atoms with Crippen LogP contribution >= 0.6 is 0 Å². The number of aromatic nitrogens is 2. The summed E-state index contributed by atoms with van der Waals surface area (Å²) in [6, 6.07) is 20.8. The van der Waals surface area contributed by atoms with Gasteiger partial charge in [0.05, 0.1) is 28.6 Å². The SMILES string of the molecule is O=c1nc2n(c3ccccc13)Cc1ccccc1C2=C(O)c1ccccc1F. The van der Waals surface area contributed by atoms with Crippen molar-refractivity contribution >= 4 is 22.2 Å². The number of aliphatic hydroxyl groups is 1. The van der Waals surface area contributed by atoms with Crippen LogP contribution in [0.1, 0.15) is 22.5 Å². The first-order chi connectivity index (χ1) is 13.6. The van der Waals surface area contributed by atoms with Gasteiger partial charge >= 0.3 is 0 Å². The van der Waals surface area contributed by atoms with Gasteiger partial charge in [0.1, 0.15) is 17.4 Å². The van der Waals surface area contributed by atoms with Crippen molar-refractivity contribution in [3.63, 3.8) is 0 Å². The Morgan fingerprint density at radius 2 is 1.68 bits per heavy atom. The molecule has 0 saturated heterocycles. The molecule has 4 nitrogen and oxygen atoms in total. The maximum Gasteiger partial charge on any atom is 0.281 e. The Kier molecular flexibility index (Phi) is 3.62. The van der Waals surface area contributed by atoms with Crippen LogP contribution < -0.4 is 5.56 Å². The van der Waals surface area contributed by atoms with E-state index in [0.29, 0.717) is 23.3 Å². The molecule has 1 aliphatic heterocycles. The second-order valence-corrected chi connectivity index (χ2v) is 6.70. The third kappa shape index (κ3) is 2.36. The van der Waals surface area contributed by atoms with Crippen LogP contribution in [0.3, 0.4) is 0 Å². The maximum atomic E-state index is 14.4. The molecule has 0 saturated carbocycles. The first kappa shape index (κ1) is 16.4. The maximum absolute atomic E-state index is 14.4. The van der Waals surface area contributed by atoms with E-state index in [1.165, 1.54) is 12.1 Å². The van der Waals surface area contributed by atoms with Gasteiger partial charge < -0.3 is 9.67 Å². The first-order valence-electron chi connectivity index (χ1n) is 8.91. The van der Waals surface area contributed by atoms with E-state index in [1.807, 2.05) is 41.0 Å². The fourth-order valence-corrected chi connectivity index (χ4v) is 3.79. The number of hydrogen-bond donors (Lipinski definition) is 1. The molecule has 2 heterocycles. The zero-order chi connectivity index (χ0) is 19.3. The molecule has 0 unspecified atom stereocenters. The number of para-hydroxylation sites is 1. The summed E-state index contributed by atoms with van der Waals surface area (Å²) in [5.41, 5.74) is 2.48. The Labute approximate surface area is 159 Å². The molecule has 1 aromatic heterocycles. The molecular formula is C23H15FN2O2. The summed E-state index contributed by atoms with van der Waals surface area (Å²) in [6.45, 7) is 0.507. The van der Waals surface area contributed by atoms with E-state index in [-0.39, 0.29) is 16.9 Å². The number of fused-ring (bicyclic) bond motifs is 4. The van der Waals surface area contributed by atoms with Crippen LogP contribution in [-0.2, 0) is 6.54 Å². The topological polar surface area (TPSA) is 55.1 Å². The fraction of sp³-hybridized carbons (Fsp3) is 0.0435. The van der Waals surface area contributed by atoms with Crippen molar-refractivity contribution in [2.45, 2.75) is 6.54 Å². The molecule has 0 radical (unpaired) electrons. The zero-order valence-electron chi connectivity index (χ0n) is 14.8. The molecule has 0 bridgehead atoms. The summed E-state index contributed by atoms with van der Waals surface area (Å²) in [6.07, 6.45) is 0. The largest absolute Gasteiger partial charge is 0.506 e. The summed E-state index contributed by atoms with van der Waals surface area (Å²) in [5, 5.41) is 11.6. The number of halogens is 1. The zero-order valence-corrected chi connectivity index (χ0v) is 14.8. The van der Waals surface area contributed by atoms with E-state index >= 15 is 0 Å². The monoisotopic (exact) mass is 370 g/mol. The van der Waals surface area contributed by atoms with Crippen molar-refractivity contribution < 1.29 is 9.50 Å². The lowest BCUT2D eigenvalue weighted by atomic mass is 9.92. The minimum atomic E-state index is -0.537. The average Bonchev–Trinajstić information content (AvgIpc) is 2.73. The summed E-state index contributed by atoms with van der Waals surface area (Å²) < 4.78 is 16.3. The first-order valence-corrected chi connectivity index (χ1v) is 8.91. The number of nitrogens with zero attached hydrogens (tertiary/aromatic N) is 2. The molecule has 0 amide bonds. The van der Waals surface area contributed by atoms with Gasteiger partial charge in [-0.2, -0.15) is 4.98 Å². The highest BCUT2D eigenvalue weighted by molar-refractivity contribution is 5.97. The van der Waals surface area contributed by atoms with E-state index < -0.39 is 5.82 Å². The van der Waals surface area contributed by atoms with E-state index in [0.717, 1.165) is 16.6 Å². The smallest absolute Gasteiger partial charge is 0.281 e. The molecule has 0 spiro atoms. The number of benzene rings is 3. The molecular weight excluding hydrogens is 355 g/mol. The van der Waals surface area contributed by atoms with Gasteiger partial charge in [-0.15, -0.1) is 0 Å². The molecule has 3 aromatic carbocycles. The molecule has 1 aliphatic rings. The molecule has 0 fully saturated rings. The third-order valence-electron chi connectivity index (χ3n) is 5.09. The molecule has 28 heavy (non-hydrogen) atoms. The molecule has 0 aliphatic carbocycles. The van der Waals surface area contributed by atoms with Crippen molar-refractivity contribution in [2.24, 2.45) is 0 Å². The summed E-state index contributed by atoms with van der Waals surface area (Å²) in [7, 11) is 0. The highest BCUT2D eigenvalue weighted by Gasteiger charge is 2.27. The number of hydrogen-bond acceptors (Lipinski definition) is 3. The van der Waals surface area contributed by atoms with Crippen LogP contribution in [0, 0.1) is 5.82 Å². The van der Waals surface area contributed by atoms with Crippen LogP contribution in [0.4, 0.5) is 4.39 Å². The minimum absolute atomic E-state index is 0.0724. The number of aliphatic hydroxyl groups excluding tert-OH is 1. The molecule has 1 N–H and O–H groups in total. The van der Waals surface area contributed by atoms with Crippen molar-refractivity contribution in [3.8, 4) is 0 Å². The Balaban J connectivity index is 1.93. The Bertz CT molecular complexity index is 1340. The highest BCUT2D eigenvalue weighted by atomic mass is 19.1. The van der Waals surface area contributed by atoms with E-state index in [9.17, 15) is 14.3 Å². The van der Waals surface area contributed by atoms with Gasteiger partial charge in [-0.05, 0) is 35.4 Å². The van der Waals surface area contributed by atoms with Crippen molar-refractivity contribution in [2.75, 3.05) is 0 Å². The van der Waals surface area contributed by atoms with Gasteiger partial charge in [0.25, 0.3) is 5.56 Å². The van der Waals surface area contributed by atoms with Gasteiger partial charge in [0.15, 0.2) is 0 Å². The lowest BCUT2D eigenvalue weighted by Crippen LogP contribution is -2.24. The van der Waals surface area contributed by atoms with Crippen molar-refractivity contribution in [1.82, 2.24) is 9.55 Å². The van der Waals surface area contributed by atoms with Crippen LogP contribution in [0.5, 0.6) is 0 Å². The summed E-state index contributed by atoms with van der Waals surface area (Å²) in [5.74, 6) is -0.436. The van der Waals surface area contributed by atoms with Gasteiger partial charge in [0, 0.05) is 0 Å². The second-order valence-electron chi connectivity index (χ2n) is 6.70. The average molecular weight is 370 g/mol. The van der Waals surface area contributed by atoms with Crippen LogP contribution in [0.15, 0.2) is 77.6 Å². The van der Waals surface area contributed by atoms with E-state index in [4.69, 9.17) is 0 Å². The fourth-order valence-electron chi connectivity index (χ4n) is 3.79. The predicted molar refractivity (Wildman–Crippen MR) is 106 cm³/mol. The van der Waals surface area contributed by atoms with Crippen LogP contribution in [0.25, 0.3) is 22.2 Å². The quantitative estimate of drug-likeness (QED) is 0.446. The van der Waals surface area contributed by atoms with Gasteiger partial charge in [-0.3, -0.25) is 4.79 Å². The molecule has 136 valence electrons. The third-order valence-corrected chi connectivity index (χ3v) is 5.09. The van der Waals surface area contributed by atoms with E-state index in [1.54, 1.807) is 24.3 Å². The predicted octanol–water partition coefficient (Wildman–Crippen LogP) is 4.37. The van der Waals surface area contributed by atoms with Crippen molar-refractivity contribution in [3.05, 3.63) is 111 Å². The van der Waals surface area contributed by atoms with E-state index in [2.05, 4.69) is 4.98 Å². The Morgan fingerprint density at radius 1 is 0.964 bits per heavy atom. The lowest BCUT2D eigenvalue weighted by molar-refractivity contribution is 0.503. The molecule has 5 rings (SSSR count). The Morgan fingerprint density at radius 3 is 2.54 bits per heavy atom. The number of rotatable bonds is 1. The van der Waals surface area contributed by atoms with Gasteiger partial charge in [-0.1, -0.05) is 48.5 Å². The molecule has 5 heteroatoms. The normalized spacial score (nSPS) is 14.5. The second kappa shape index (κ2) is 6.16. The van der Waals surface area contributed by atoms with Gasteiger partial charge in [0.2, 0.25) is 0 Å². The summed E-state index contributed by atoms with van der Waals surface area (Å²) in [4.78, 5) is 16.9. The molecule has 0 atom stereocenters. The summed E-state index contributed by atoms with van der Waals surface area (Å²) >= 11 is 0. The van der Waals surface area contributed by atoms with Crippen LogP contribution in [0.2, 0.25) is 0 Å². The Hall–Kier alpha value is -3.73. The lowest BCUT2D eigenvalue weighted by Gasteiger charge is -2.26. The van der Waals surface area contributed by atoms with Crippen LogP contribution in [-0.4, -0.2) is 14.7 Å².